The largest absolute Gasteiger partial charge is 0.354 e. The molecule has 1 atom stereocenters. The van der Waals surface area contributed by atoms with Gasteiger partial charge in [-0.1, -0.05) is 129 Å². The second-order valence-corrected chi connectivity index (χ2v) is 7.50. The van der Waals surface area contributed by atoms with Gasteiger partial charge in [-0.2, -0.15) is 0 Å². The van der Waals surface area contributed by atoms with Gasteiger partial charge in [0.05, 0.1) is 6.10 Å². The molecule has 2 heteroatoms. The lowest BCUT2D eigenvalue weighted by atomic mass is 9.79. The molecule has 0 radical (unpaired) electrons. The molecule has 0 aliphatic rings. The Morgan fingerprint density at radius 3 is 1.59 bits per heavy atom. The van der Waals surface area contributed by atoms with Crippen molar-refractivity contribution in [1.82, 2.24) is 0 Å². The normalized spacial score (nSPS) is 12.9. The number of rotatable bonds is 10. The summed E-state index contributed by atoms with van der Waals surface area (Å²) >= 11 is 6.02. The summed E-state index contributed by atoms with van der Waals surface area (Å²) in [6.45, 7) is 2.22. The van der Waals surface area contributed by atoms with E-state index in [0.29, 0.717) is 0 Å². The first-order valence-corrected chi connectivity index (χ1v) is 10.9. The number of halogens is 1. The van der Waals surface area contributed by atoms with Crippen molar-refractivity contribution in [1.29, 1.82) is 0 Å². The van der Waals surface area contributed by atoms with E-state index in [0.717, 1.165) is 29.5 Å². The van der Waals surface area contributed by atoms with Gasteiger partial charge in [0, 0.05) is 5.54 Å². The molecular formula is C27H29ClO. The third kappa shape index (κ3) is 5.18. The molecule has 0 bridgehead atoms. The van der Waals surface area contributed by atoms with E-state index in [1.807, 2.05) is 24.3 Å². The van der Waals surface area contributed by atoms with E-state index in [4.69, 9.17) is 16.3 Å². The standard InChI is InChI=1S/C27H29ClO/c1-2-3-7-20-26(21-22-28)29-27(23-14-8-4-9-15-23,24-16-10-5-11-17-24)25-18-12-6-13-19-25/h4-6,8-19,21-22,26H,2-3,7,20H2,1H3/b22-21+. The second-order valence-electron chi connectivity index (χ2n) is 7.25. The Morgan fingerprint density at radius 1 is 0.759 bits per heavy atom. The Hall–Kier alpha value is -2.35. The monoisotopic (exact) mass is 404 g/mol. The van der Waals surface area contributed by atoms with Gasteiger partial charge in [0.25, 0.3) is 0 Å². The van der Waals surface area contributed by atoms with Gasteiger partial charge >= 0.3 is 0 Å². The highest BCUT2D eigenvalue weighted by atomic mass is 35.5. The van der Waals surface area contributed by atoms with Gasteiger partial charge in [-0.25, -0.2) is 0 Å². The van der Waals surface area contributed by atoms with Crippen molar-refractivity contribution in [3.8, 4) is 0 Å². The predicted molar refractivity (Wildman–Crippen MR) is 123 cm³/mol. The fraction of sp³-hybridized carbons (Fsp3) is 0.259. The molecular weight excluding hydrogens is 376 g/mol. The lowest BCUT2D eigenvalue weighted by Crippen LogP contribution is -2.36. The SMILES string of the molecule is CCCCCC(/C=C/Cl)OC(c1ccccc1)(c1ccccc1)c1ccccc1. The summed E-state index contributed by atoms with van der Waals surface area (Å²) < 4.78 is 7.01. The Labute approximate surface area is 180 Å². The highest BCUT2D eigenvalue weighted by Crippen LogP contribution is 2.42. The first-order chi connectivity index (χ1) is 14.3. The van der Waals surface area contributed by atoms with Crippen LogP contribution in [0.4, 0.5) is 0 Å². The average Bonchev–Trinajstić information content (AvgIpc) is 2.79. The Morgan fingerprint density at radius 2 is 1.21 bits per heavy atom. The topological polar surface area (TPSA) is 9.23 Å². The van der Waals surface area contributed by atoms with Crippen LogP contribution < -0.4 is 0 Å². The molecule has 0 saturated carbocycles. The fourth-order valence-electron chi connectivity index (χ4n) is 3.82. The minimum Gasteiger partial charge on any atom is -0.354 e. The predicted octanol–water partition coefficient (Wildman–Crippen LogP) is 7.70. The van der Waals surface area contributed by atoms with E-state index in [2.05, 4.69) is 79.7 Å². The zero-order valence-electron chi connectivity index (χ0n) is 17.0. The van der Waals surface area contributed by atoms with Crippen molar-refractivity contribution in [3.05, 3.63) is 119 Å². The molecule has 0 heterocycles. The van der Waals surface area contributed by atoms with E-state index >= 15 is 0 Å². The zero-order chi connectivity index (χ0) is 20.4. The molecule has 0 saturated heterocycles. The van der Waals surface area contributed by atoms with Crippen LogP contribution in [0, 0.1) is 0 Å². The van der Waals surface area contributed by atoms with Crippen LogP contribution >= 0.6 is 11.6 Å². The van der Waals surface area contributed by atoms with Crippen LogP contribution in [-0.4, -0.2) is 6.10 Å². The Balaban J connectivity index is 2.16. The summed E-state index contributed by atoms with van der Waals surface area (Å²) in [5, 5.41) is 0. The van der Waals surface area contributed by atoms with E-state index in [1.54, 1.807) is 5.54 Å². The van der Waals surface area contributed by atoms with Crippen molar-refractivity contribution in [3.63, 3.8) is 0 Å². The van der Waals surface area contributed by atoms with Gasteiger partial charge in [0.1, 0.15) is 5.60 Å². The number of hydrogen-bond acceptors (Lipinski definition) is 1. The summed E-state index contributed by atoms with van der Waals surface area (Å²) in [6, 6.07) is 31.4. The van der Waals surface area contributed by atoms with Gasteiger partial charge in [-0.3, -0.25) is 0 Å². The smallest absolute Gasteiger partial charge is 0.144 e. The summed E-state index contributed by atoms with van der Waals surface area (Å²) in [5.74, 6) is 0. The number of ether oxygens (including phenoxy) is 1. The molecule has 29 heavy (non-hydrogen) atoms. The van der Waals surface area contributed by atoms with Gasteiger partial charge in [-0.05, 0) is 29.2 Å². The summed E-state index contributed by atoms with van der Waals surface area (Å²) in [7, 11) is 0. The first-order valence-electron chi connectivity index (χ1n) is 10.4. The molecule has 0 aliphatic heterocycles. The molecule has 0 N–H and O–H groups in total. The molecule has 0 fully saturated rings. The highest BCUT2D eigenvalue weighted by molar-refractivity contribution is 6.25. The Bertz CT molecular complexity index is 762. The maximum atomic E-state index is 7.01. The number of hydrogen-bond donors (Lipinski definition) is 0. The van der Waals surface area contributed by atoms with Crippen LogP contribution in [0.1, 0.15) is 49.3 Å². The van der Waals surface area contributed by atoms with Crippen molar-refractivity contribution >= 4 is 11.6 Å². The minimum atomic E-state index is -0.711. The van der Waals surface area contributed by atoms with Crippen LogP contribution in [0.5, 0.6) is 0 Å². The summed E-state index contributed by atoms with van der Waals surface area (Å²) in [6.07, 6.45) is 6.30. The molecule has 0 aromatic heterocycles. The van der Waals surface area contributed by atoms with Crippen LogP contribution in [0.2, 0.25) is 0 Å². The fourth-order valence-corrected chi connectivity index (χ4v) is 3.98. The van der Waals surface area contributed by atoms with Crippen LogP contribution in [0.3, 0.4) is 0 Å². The van der Waals surface area contributed by atoms with Crippen molar-refractivity contribution in [2.75, 3.05) is 0 Å². The number of unbranched alkanes of at least 4 members (excludes halogenated alkanes) is 2. The van der Waals surface area contributed by atoms with Crippen molar-refractivity contribution in [2.24, 2.45) is 0 Å². The van der Waals surface area contributed by atoms with Crippen molar-refractivity contribution < 1.29 is 4.74 Å². The quantitative estimate of drug-likeness (QED) is 0.248. The lowest BCUT2D eigenvalue weighted by Gasteiger charge is -2.38. The van der Waals surface area contributed by atoms with Gasteiger partial charge in [0.2, 0.25) is 0 Å². The maximum Gasteiger partial charge on any atom is 0.144 e. The molecule has 150 valence electrons. The summed E-state index contributed by atoms with van der Waals surface area (Å²) in [5.41, 5.74) is 4.21. The molecule has 3 rings (SSSR count). The van der Waals surface area contributed by atoms with Gasteiger partial charge in [-0.15, -0.1) is 0 Å². The summed E-state index contributed by atoms with van der Waals surface area (Å²) in [4.78, 5) is 0. The van der Waals surface area contributed by atoms with E-state index in [-0.39, 0.29) is 6.10 Å². The molecule has 1 unspecified atom stereocenters. The molecule has 0 amide bonds. The van der Waals surface area contributed by atoms with Gasteiger partial charge in [0.15, 0.2) is 0 Å². The third-order valence-corrected chi connectivity index (χ3v) is 5.39. The molecule has 3 aromatic carbocycles. The van der Waals surface area contributed by atoms with Gasteiger partial charge < -0.3 is 4.74 Å². The maximum absolute atomic E-state index is 7.01. The minimum absolute atomic E-state index is 0.0836. The number of benzene rings is 3. The molecule has 0 spiro atoms. The molecule has 1 nitrogen and oxygen atoms in total. The first kappa shape index (κ1) is 21.4. The zero-order valence-corrected chi connectivity index (χ0v) is 17.8. The van der Waals surface area contributed by atoms with E-state index in [1.165, 1.54) is 12.8 Å². The van der Waals surface area contributed by atoms with E-state index < -0.39 is 5.60 Å². The van der Waals surface area contributed by atoms with E-state index in [9.17, 15) is 0 Å². The second kappa shape index (κ2) is 11.0. The van der Waals surface area contributed by atoms with Crippen LogP contribution in [0.15, 0.2) is 103 Å². The lowest BCUT2D eigenvalue weighted by molar-refractivity contribution is -0.0285. The third-order valence-electron chi connectivity index (χ3n) is 5.25. The Kier molecular flexibility index (Phi) is 8.10. The van der Waals surface area contributed by atoms with Crippen molar-refractivity contribution in [2.45, 2.75) is 44.3 Å². The molecule has 3 aromatic rings. The average molecular weight is 405 g/mol. The highest BCUT2D eigenvalue weighted by Gasteiger charge is 2.39. The van der Waals surface area contributed by atoms with Crippen LogP contribution in [0.25, 0.3) is 0 Å². The van der Waals surface area contributed by atoms with Crippen LogP contribution in [-0.2, 0) is 10.3 Å². The molecule has 0 aliphatic carbocycles.